The maximum absolute atomic E-state index is 12.4. The summed E-state index contributed by atoms with van der Waals surface area (Å²) in [7, 11) is 0. The van der Waals surface area contributed by atoms with Crippen molar-refractivity contribution in [3.63, 3.8) is 0 Å². The topological polar surface area (TPSA) is 0 Å². The Labute approximate surface area is 103 Å². The smallest absolute Gasteiger partial charge is 0.154 e. The average molecular weight is 281 g/mol. The lowest BCUT2D eigenvalue weighted by atomic mass is 10.1. The summed E-state index contributed by atoms with van der Waals surface area (Å²) in [4.78, 5) is 0. The van der Waals surface area contributed by atoms with Crippen LogP contribution in [-0.4, -0.2) is 5.08 Å². The zero-order chi connectivity index (χ0) is 11.4. The highest BCUT2D eigenvalue weighted by Crippen LogP contribution is 2.14. The molecule has 0 saturated carbocycles. The van der Waals surface area contributed by atoms with E-state index in [0.717, 1.165) is 6.42 Å². The van der Waals surface area contributed by atoms with Gasteiger partial charge >= 0.3 is 0 Å². The van der Waals surface area contributed by atoms with E-state index in [-0.39, 0.29) is 0 Å². The monoisotopic (exact) mass is 280 g/mol. The lowest BCUT2D eigenvalue weighted by molar-refractivity contribution is 0.418. The number of hydrogen-bond donors (Lipinski definition) is 0. The maximum Gasteiger partial charge on any atom is 0.154 e. The SMILES string of the molecule is CCCCCCCCCCCCC(F)Br. The predicted octanol–water partition coefficient (Wildman–Crippen LogP) is 5.99. The third-order valence-corrected chi connectivity index (χ3v) is 3.23. The van der Waals surface area contributed by atoms with E-state index in [1.807, 2.05) is 0 Å². The Morgan fingerprint density at radius 3 is 1.60 bits per heavy atom. The number of alkyl halides is 2. The summed E-state index contributed by atoms with van der Waals surface area (Å²) in [6.45, 7) is 2.25. The molecule has 0 saturated heterocycles. The van der Waals surface area contributed by atoms with Gasteiger partial charge in [0.2, 0.25) is 0 Å². The predicted molar refractivity (Wildman–Crippen MR) is 70.3 cm³/mol. The van der Waals surface area contributed by atoms with Gasteiger partial charge in [0.05, 0.1) is 0 Å². The zero-order valence-electron chi connectivity index (χ0n) is 10.1. The van der Waals surface area contributed by atoms with Crippen LogP contribution in [0.3, 0.4) is 0 Å². The van der Waals surface area contributed by atoms with Gasteiger partial charge in [-0.05, 0) is 12.8 Å². The number of rotatable bonds is 11. The standard InChI is InChI=1S/C13H26BrF/c1-2-3-4-5-6-7-8-9-10-11-12-13(14)15/h13H,2-12H2,1H3. The molecule has 1 unspecified atom stereocenters. The summed E-state index contributed by atoms with van der Waals surface area (Å²) in [6.07, 6.45) is 13.8. The van der Waals surface area contributed by atoms with Crippen LogP contribution >= 0.6 is 15.9 Å². The molecule has 1 atom stereocenters. The quantitative estimate of drug-likeness (QED) is 0.322. The Morgan fingerprint density at radius 2 is 1.20 bits per heavy atom. The van der Waals surface area contributed by atoms with Gasteiger partial charge in [0.15, 0.2) is 5.08 Å². The molecule has 0 rings (SSSR count). The van der Waals surface area contributed by atoms with Crippen molar-refractivity contribution < 1.29 is 4.39 Å². The molecule has 0 aromatic carbocycles. The van der Waals surface area contributed by atoms with Crippen molar-refractivity contribution in [2.45, 2.75) is 82.6 Å². The van der Waals surface area contributed by atoms with Crippen molar-refractivity contribution in [1.82, 2.24) is 0 Å². The highest BCUT2D eigenvalue weighted by atomic mass is 79.9. The molecule has 0 heterocycles. The van der Waals surface area contributed by atoms with Gasteiger partial charge in [-0.3, -0.25) is 0 Å². The van der Waals surface area contributed by atoms with E-state index < -0.39 is 5.08 Å². The first-order chi connectivity index (χ1) is 7.27. The first kappa shape index (κ1) is 15.4. The fraction of sp³-hybridized carbons (Fsp3) is 1.00. The highest BCUT2D eigenvalue weighted by molar-refractivity contribution is 9.09. The van der Waals surface area contributed by atoms with Gasteiger partial charge in [-0.25, -0.2) is 4.39 Å². The van der Waals surface area contributed by atoms with Crippen LogP contribution in [-0.2, 0) is 0 Å². The van der Waals surface area contributed by atoms with Gasteiger partial charge in [0.1, 0.15) is 0 Å². The molecule has 0 radical (unpaired) electrons. The minimum Gasteiger partial charge on any atom is -0.235 e. The van der Waals surface area contributed by atoms with Gasteiger partial charge in [-0.15, -0.1) is 0 Å². The van der Waals surface area contributed by atoms with Crippen molar-refractivity contribution >= 4 is 15.9 Å². The molecule has 0 spiro atoms. The average Bonchev–Trinajstić information content (AvgIpc) is 2.20. The molecule has 0 amide bonds. The minimum absolute atomic E-state index is 0.677. The van der Waals surface area contributed by atoms with Gasteiger partial charge in [0.25, 0.3) is 0 Å². The van der Waals surface area contributed by atoms with Crippen molar-refractivity contribution in [2.75, 3.05) is 0 Å². The molecule has 0 aliphatic rings. The van der Waals surface area contributed by atoms with Crippen LogP contribution in [0.2, 0.25) is 0 Å². The van der Waals surface area contributed by atoms with Gasteiger partial charge in [0, 0.05) is 0 Å². The van der Waals surface area contributed by atoms with Crippen LogP contribution in [0.4, 0.5) is 4.39 Å². The molecular formula is C13H26BrF. The van der Waals surface area contributed by atoms with Crippen LogP contribution in [0.25, 0.3) is 0 Å². The molecule has 0 bridgehead atoms. The molecule has 15 heavy (non-hydrogen) atoms. The second kappa shape index (κ2) is 12.5. The van der Waals surface area contributed by atoms with E-state index in [1.54, 1.807) is 0 Å². The lowest BCUT2D eigenvalue weighted by Gasteiger charge is -2.02. The zero-order valence-corrected chi connectivity index (χ0v) is 11.7. The first-order valence-electron chi connectivity index (χ1n) is 6.55. The fourth-order valence-electron chi connectivity index (χ4n) is 1.79. The van der Waals surface area contributed by atoms with Crippen LogP contribution in [0, 0.1) is 0 Å². The summed E-state index contributed by atoms with van der Waals surface area (Å²) < 4.78 is 12.4. The van der Waals surface area contributed by atoms with Crippen molar-refractivity contribution in [3.05, 3.63) is 0 Å². The van der Waals surface area contributed by atoms with Crippen LogP contribution in [0.1, 0.15) is 77.6 Å². The number of unbranched alkanes of at least 4 members (excludes halogenated alkanes) is 9. The molecule has 2 heteroatoms. The second-order valence-electron chi connectivity index (χ2n) is 4.36. The first-order valence-corrected chi connectivity index (χ1v) is 7.47. The third-order valence-electron chi connectivity index (χ3n) is 2.78. The van der Waals surface area contributed by atoms with Crippen LogP contribution in [0.15, 0.2) is 0 Å². The third kappa shape index (κ3) is 14.4. The summed E-state index contributed by atoms with van der Waals surface area (Å²) >= 11 is 2.93. The Kier molecular flexibility index (Phi) is 12.8. The second-order valence-corrected chi connectivity index (χ2v) is 5.36. The molecule has 0 nitrogen and oxygen atoms in total. The van der Waals surface area contributed by atoms with E-state index in [1.165, 1.54) is 57.8 Å². The van der Waals surface area contributed by atoms with Crippen molar-refractivity contribution in [3.8, 4) is 0 Å². The Morgan fingerprint density at radius 1 is 0.800 bits per heavy atom. The maximum atomic E-state index is 12.4. The van der Waals surface area contributed by atoms with Gasteiger partial charge in [-0.2, -0.15) is 0 Å². The van der Waals surface area contributed by atoms with Crippen LogP contribution < -0.4 is 0 Å². The Balaban J connectivity index is 2.87. The molecule has 92 valence electrons. The van der Waals surface area contributed by atoms with Gasteiger partial charge < -0.3 is 0 Å². The Bertz CT molecular complexity index is 115. The molecule has 0 aliphatic heterocycles. The number of hydrogen-bond acceptors (Lipinski definition) is 0. The Hall–Kier alpha value is 0.410. The van der Waals surface area contributed by atoms with Crippen LogP contribution in [0.5, 0.6) is 0 Å². The number of halogens is 2. The molecule has 0 aliphatic carbocycles. The van der Waals surface area contributed by atoms with Crippen molar-refractivity contribution in [2.24, 2.45) is 0 Å². The highest BCUT2D eigenvalue weighted by Gasteiger charge is 1.98. The molecule has 0 aromatic heterocycles. The van der Waals surface area contributed by atoms with E-state index in [9.17, 15) is 4.39 Å². The molecule has 0 fully saturated rings. The summed E-state index contributed by atoms with van der Waals surface area (Å²) in [5.74, 6) is 0. The van der Waals surface area contributed by atoms with E-state index in [4.69, 9.17) is 0 Å². The summed E-state index contributed by atoms with van der Waals surface area (Å²) in [6, 6.07) is 0. The lowest BCUT2D eigenvalue weighted by Crippen LogP contribution is -1.87. The molecule has 0 aromatic rings. The fourth-order valence-corrected chi connectivity index (χ4v) is 2.11. The largest absolute Gasteiger partial charge is 0.235 e. The van der Waals surface area contributed by atoms with E-state index >= 15 is 0 Å². The molecule has 0 N–H and O–H groups in total. The minimum atomic E-state index is -0.786. The summed E-state index contributed by atoms with van der Waals surface area (Å²) in [5.41, 5.74) is 0. The van der Waals surface area contributed by atoms with E-state index in [0.29, 0.717) is 6.42 Å². The molecular weight excluding hydrogens is 255 g/mol. The normalized spacial score (nSPS) is 13.0. The van der Waals surface area contributed by atoms with Gasteiger partial charge in [-0.1, -0.05) is 80.6 Å². The van der Waals surface area contributed by atoms with Crippen molar-refractivity contribution in [1.29, 1.82) is 0 Å². The summed E-state index contributed by atoms with van der Waals surface area (Å²) in [5, 5.41) is -0.786. The van der Waals surface area contributed by atoms with E-state index in [2.05, 4.69) is 22.9 Å².